The lowest BCUT2D eigenvalue weighted by Gasteiger charge is -2.11. The molecule has 2 rings (SSSR count). The quantitative estimate of drug-likeness (QED) is 0.941. The summed E-state index contributed by atoms with van der Waals surface area (Å²) >= 11 is 0. The minimum absolute atomic E-state index is 0.0307. The maximum Gasteiger partial charge on any atom is 0.284 e. The minimum Gasteiger partial charge on any atom is -0.494 e. The molecule has 2 N–H and O–H groups in total. The fourth-order valence-electron chi connectivity index (χ4n) is 1.99. The van der Waals surface area contributed by atoms with Crippen molar-refractivity contribution in [3.63, 3.8) is 0 Å². The summed E-state index contributed by atoms with van der Waals surface area (Å²) in [6.07, 6.45) is -1.73. The van der Waals surface area contributed by atoms with Crippen LogP contribution in [0.4, 0.5) is 13.2 Å². The highest BCUT2D eigenvalue weighted by atomic mass is 19.3. The molecular weight excluding hydrogens is 287 g/mol. The van der Waals surface area contributed by atoms with Gasteiger partial charge in [-0.15, -0.1) is 0 Å². The van der Waals surface area contributed by atoms with Gasteiger partial charge in [-0.3, -0.25) is 4.79 Å². The van der Waals surface area contributed by atoms with Gasteiger partial charge >= 0.3 is 0 Å². The fourth-order valence-corrected chi connectivity index (χ4v) is 1.99. The number of benzene rings is 1. The summed E-state index contributed by atoms with van der Waals surface area (Å²) in [6, 6.07) is 2.48. The number of carbonyl (C=O) groups is 1. The molecule has 0 radical (unpaired) electrons. The summed E-state index contributed by atoms with van der Waals surface area (Å²) in [5.74, 6) is -2.37. The normalized spacial score (nSPS) is 11.0. The van der Waals surface area contributed by atoms with E-state index in [0.717, 1.165) is 0 Å². The molecule has 0 saturated heterocycles. The topological polar surface area (TPSA) is 70.1 Å². The van der Waals surface area contributed by atoms with Gasteiger partial charge in [0.1, 0.15) is 0 Å². The SMILES string of the molecule is COc1ccc(-c2cn(C)c(C(N)=O)n2)c(C(F)F)c1F. The van der Waals surface area contributed by atoms with Gasteiger partial charge in [0.15, 0.2) is 17.4 Å². The molecule has 0 bridgehead atoms. The summed E-state index contributed by atoms with van der Waals surface area (Å²) < 4.78 is 46.2. The van der Waals surface area contributed by atoms with Crippen LogP contribution in [0.25, 0.3) is 11.3 Å². The number of nitrogens with two attached hydrogens (primary N) is 1. The van der Waals surface area contributed by atoms with Crippen LogP contribution in [0, 0.1) is 5.82 Å². The molecule has 0 aliphatic rings. The monoisotopic (exact) mass is 299 g/mol. The second-order valence-corrected chi connectivity index (χ2v) is 4.27. The zero-order chi connectivity index (χ0) is 15.7. The number of aryl methyl sites for hydroxylation is 1. The van der Waals surface area contributed by atoms with E-state index in [4.69, 9.17) is 5.73 Å². The number of nitrogens with zero attached hydrogens (tertiary/aromatic N) is 2. The predicted molar refractivity (Wildman–Crippen MR) is 68.6 cm³/mol. The van der Waals surface area contributed by atoms with Gasteiger partial charge in [-0.1, -0.05) is 0 Å². The van der Waals surface area contributed by atoms with Crippen molar-refractivity contribution in [3.8, 4) is 17.0 Å². The summed E-state index contributed by atoms with van der Waals surface area (Å²) in [6.45, 7) is 0. The van der Waals surface area contributed by atoms with E-state index in [1.54, 1.807) is 0 Å². The van der Waals surface area contributed by atoms with Crippen molar-refractivity contribution >= 4 is 5.91 Å². The molecule has 1 aromatic heterocycles. The Morgan fingerprint density at radius 1 is 1.43 bits per heavy atom. The van der Waals surface area contributed by atoms with Gasteiger partial charge in [0, 0.05) is 18.8 Å². The molecule has 0 spiro atoms. The third-order valence-electron chi connectivity index (χ3n) is 2.96. The van der Waals surface area contributed by atoms with Crippen LogP contribution >= 0.6 is 0 Å². The predicted octanol–water partition coefficient (Wildman–Crippen LogP) is 2.27. The molecule has 2 aromatic rings. The van der Waals surface area contributed by atoms with Gasteiger partial charge < -0.3 is 15.0 Å². The van der Waals surface area contributed by atoms with E-state index in [1.807, 2.05) is 0 Å². The fraction of sp³-hybridized carbons (Fsp3) is 0.231. The molecule has 8 heteroatoms. The first kappa shape index (κ1) is 14.9. The van der Waals surface area contributed by atoms with Crippen LogP contribution in [0.15, 0.2) is 18.3 Å². The highest BCUT2D eigenvalue weighted by Crippen LogP contribution is 2.36. The lowest BCUT2D eigenvalue weighted by molar-refractivity contribution is 0.0987. The number of imidazole rings is 1. The van der Waals surface area contributed by atoms with Gasteiger partial charge in [-0.25, -0.2) is 18.2 Å². The average molecular weight is 299 g/mol. The first-order valence-corrected chi connectivity index (χ1v) is 5.84. The summed E-state index contributed by atoms with van der Waals surface area (Å²) in [7, 11) is 2.66. The number of alkyl halides is 2. The summed E-state index contributed by atoms with van der Waals surface area (Å²) in [5.41, 5.74) is 4.20. The van der Waals surface area contributed by atoms with E-state index in [-0.39, 0.29) is 22.8 Å². The third kappa shape index (κ3) is 2.56. The van der Waals surface area contributed by atoms with Crippen molar-refractivity contribution in [1.82, 2.24) is 9.55 Å². The largest absolute Gasteiger partial charge is 0.494 e. The van der Waals surface area contributed by atoms with E-state index in [2.05, 4.69) is 9.72 Å². The van der Waals surface area contributed by atoms with Crippen molar-refractivity contribution in [1.29, 1.82) is 0 Å². The Kier molecular flexibility index (Phi) is 3.88. The Morgan fingerprint density at radius 2 is 2.10 bits per heavy atom. The van der Waals surface area contributed by atoms with Crippen molar-refractivity contribution in [2.45, 2.75) is 6.43 Å². The third-order valence-corrected chi connectivity index (χ3v) is 2.96. The van der Waals surface area contributed by atoms with Crippen LogP contribution in [0.1, 0.15) is 22.6 Å². The Hall–Kier alpha value is -2.51. The molecule has 0 saturated carbocycles. The number of hydrogen-bond donors (Lipinski definition) is 1. The lowest BCUT2D eigenvalue weighted by atomic mass is 10.0. The molecule has 1 amide bonds. The van der Waals surface area contributed by atoms with Crippen LogP contribution in [-0.4, -0.2) is 22.6 Å². The molecule has 5 nitrogen and oxygen atoms in total. The van der Waals surface area contributed by atoms with E-state index in [9.17, 15) is 18.0 Å². The molecule has 0 aliphatic carbocycles. The highest BCUT2D eigenvalue weighted by molar-refractivity contribution is 5.90. The molecule has 1 heterocycles. The second kappa shape index (κ2) is 5.47. The zero-order valence-electron chi connectivity index (χ0n) is 11.2. The Labute approximate surface area is 118 Å². The lowest BCUT2D eigenvalue weighted by Crippen LogP contribution is -2.16. The standard InChI is InChI=1S/C13H12F3N3O2/c1-19-5-7(18-13(19)12(17)20)6-3-4-8(21-2)10(14)9(6)11(15)16/h3-5,11H,1-2H3,(H2,17,20). The van der Waals surface area contributed by atoms with Gasteiger partial charge in [0.25, 0.3) is 12.3 Å². The number of ether oxygens (including phenoxy) is 1. The van der Waals surface area contributed by atoms with Gasteiger partial charge in [-0.2, -0.15) is 0 Å². The molecular formula is C13H12F3N3O2. The average Bonchev–Trinajstić information content (AvgIpc) is 2.80. The van der Waals surface area contributed by atoms with Crippen molar-refractivity contribution in [2.24, 2.45) is 12.8 Å². The zero-order valence-corrected chi connectivity index (χ0v) is 11.2. The maximum absolute atomic E-state index is 14.0. The number of halogens is 3. The molecule has 0 unspecified atom stereocenters. The smallest absolute Gasteiger partial charge is 0.284 e. The van der Waals surface area contributed by atoms with Gasteiger partial charge in [0.05, 0.1) is 18.4 Å². The van der Waals surface area contributed by atoms with Crippen molar-refractivity contribution < 1.29 is 22.7 Å². The first-order valence-electron chi connectivity index (χ1n) is 5.84. The number of primary amides is 1. The summed E-state index contributed by atoms with van der Waals surface area (Å²) in [5, 5.41) is 0. The minimum atomic E-state index is -3.06. The maximum atomic E-state index is 14.0. The number of methoxy groups -OCH3 is 1. The van der Waals surface area contributed by atoms with Crippen molar-refractivity contribution in [2.75, 3.05) is 7.11 Å². The first-order chi connectivity index (χ1) is 9.86. The number of carbonyl (C=O) groups excluding carboxylic acids is 1. The van der Waals surface area contributed by atoms with E-state index in [0.29, 0.717) is 0 Å². The number of rotatable bonds is 4. The Bertz CT molecular complexity index is 698. The van der Waals surface area contributed by atoms with Crippen LogP contribution in [-0.2, 0) is 7.05 Å². The van der Waals surface area contributed by atoms with E-state index < -0.39 is 23.7 Å². The van der Waals surface area contributed by atoms with Crippen molar-refractivity contribution in [3.05, 3.63) is 35.5 Å². The molecule has 0 fully saturated rings. The molecule has 112 valence electrons. The number of amides is 1. The molecule has 1 aromatic carbocycles. The van der Waals surface area contributed by atoms with Crippen LogP contribution in [0.3, 0.4) is 0 Å². The number of aromatic nitrogens is 2. The molecule has 0 atom stereocenters. The second-order valence-electron chi connectivity index (χ2n) is 4.27. The Morgan fingerprint density at radius 3 is 2.57 bits per heavy atom. The molecule has 21 heavy (non-hydrogen) atoms. The van der Waals surface area contributed by atoms with Crippen LogP contribution < -0.4 is 10.5 Å². The van der Waals surface area contributed by atoms with E-state index in [1.165, 1.54) is 37.1 Å². The molecule has 0 aliphatic heterocycles. The van der Waals surface area contributed by atoms with Crippen LogP contribution in [0.2, 0.25) is 0 Å². The van der Waals surface area contributed by atoms with Gasteiger partial charge in [-0.05, 0) is 12.1 Å². The van der Waals surface area contributed by atoms with Crippen LogP contribution in [0.5, 0.6) is 5.75 Å². The van der Waals surface area contributed by atoms with Gasteiger partial charge in [0.2, 0.25) is 0 Å². The van der Waals surface area contributed by atoms with E-state index >= 15 is 0 Å². The summed E-state index contributed by atoms with van der Waals surface area (Å²) in [4.78, 5) is 15.0. The highest BCUT2D eigenvalue weighted by Gasteiger charge is 2.25. The Balaban J connectivity index is 2.66. The number of hydrogen-bond acceptors (Lipinski definition) is 3.